The van der Waals surface area contributed by atoms with Crippen LogP contribution in [0.4, 0.5) is 17.2 Å². The molecule has 0 atom stereocenters. The number of ether oxygens (including phenoxy) is 1. The largest absolute Gasteiger partial charge is 0.495 e. The van der Waals surface area contributed by atoms with Crippen LogP contribution >= 0.6 is 24.8 Å². The summed E-state index contributed by atoms with van der Waals surface area (Å²) in [6.07, 6.45) is 6.66. The lowest BCUT2D eigenvalue weighted by atomic mass is 9.96. The van der Waals surface area contributed by atoms with E-state index in [1.54, 1.807) is 43.9 Å². The molecule has 9 heteroatoms. The van der Waals surface area contributed by atoms with E-state index in [-0.39, 0.29) is 36.6 Å². The molecule has 1 aromatic heterocycles. The van der Waals surface area contributed by atoms with Crippen LogP contribution < -0.4 is 20.7 Å². The first-order valence-corrected chi connectivity index (χ1v) is 7.92. The number of halogens is 2. The zero-order valence-electron chi connectivity index (χ0n) is 14.4. The maximum absolute atomic E-state index is 12.4. The number of rotatable bonds is 4. The lowest BCUT2D eigenvalue weighted by Gasteiger charge is -2.31. The third-order valence-electron chi connectivity index (χ3n) is 4.24. The van der Waals surface area contributed by atoms with E-state index in [1.165, 1.54) is 0 Å². The van der Waals surface area contributed by atoms with Gasteiger partial charge < -0.3 is 20.7 Å². The van der Waals surface area contributed by atoms with Gasteiger partial charge in [-0.1, -0.05) is 0 Å². The Morgan fingerprint density at radius 1 is 1.27 bits per heavy atom. The summed E-state index contributed by atoms with van der Waals surface area (Å²) in [5, 5.41) is 2.94. The molecule has 142 valence electrons. The predicted octanol–water partition coefficient (Wildman–Crippen LogP) is 2.77. The average Bonchev–Trinajstić information content (AvgIpc) is 2.63. The minimum Gasteiger partial charge on any atom is -0.495 e. The molecule has 3 rings (SSSR count). The highest BCUT2D eigenvalue weighted by molar-refractivity contribution is 5.93. The smallest absolute Gasteiger partial charge is 0.227 e. The highest BCUT2D eigenvalue weighted by Crippen LogP contribution is 2.26. The van der Waals surface area contributed by atoms with Crippen molar-refractivity contribution in [1.82, 2.24) is 9.97 Å². The third kappa shape index (κ3) is 5.12. The van der Waals surface area contributed by atoms with Crippen LogP contribution in [0.1, 0.15) is 12.8 Å². The van der Waals surface area contributed by atoms with Crippen molar-refractivity contribution in [2.24, 2.45) is 5.92 Å². The molecular weight excluding hydrogens is 377 g/mol. The molecule has 7 nitrogen and oxygen atoms in total. The quantitative estimate of drug-likeness (QED) is 0.767. The van der Waals surface area contributed by atoms with E-state index in [4.69, 9.17) is 10.5 Å². The van der Waals surface area contributed by atoms with Crippen molar-refractivity contribution in [1.29, 1.82) is 0 Å². The van der Waals surface area contributed by atoms with Crippen molar-refractivity contribution in [3.05, 3.63) is 36.8 Å². The zero-order valence-corrected chi connectivity index (χ0v) is 16.1. The molecule has 1 fully saturated rings. The number of piperidine rings is 1. The minimum atomic E-state index is -0.0127. The molecular formula is C17H23Cl2N5O2. The number of hydrogen-bond donors (Lipinski definition) is 2. The minimum absolute atomic E-state index is 0. The second kappa shape index (κ2) is 10.0. The number of carbonyl (C=O) groups is 1. The van der Waals surface area contributed by atoms with Gasteiger partial charge in [0.05, 0.1) is 19.0 Å². The van der Waals surface area contributed by atoms with E-state index >= 15 is 0 Å². The number of nitrogen functional groups attached to an aromatic ring is 1. The first kappa shape index (κ1) is 21.8. The molecule has 3 N–H and O–H groups in total. The molecule has 26 heavy (non-hydrogen) atoms. The van der Waals surface area contributed by atoms with Crippen LogP contribution in [-0.4, -0.2) is 36.1 Å². The van der Waals surface area contributed by atoms with Crippen LogP contribution in [0.3, 0.4) is 0 Å². The number of methoxy groups -OCH3 is 1. The SMILES string of the molecule is COc1ccc(NC(=O)C2CCN(c3cnccn3)CC2)cc1N.Cl.Cl. The molecule has 1 amide bonds. The molecule has 0 radical (unpaired) electrons. The number of nitrogens with one attached hydrogen (secondary N) is 1. The molecule has 2 aromatic rings. The van der Waals surface area contributed by atoms with Gasteiger partial charge >= 0.3 is 0 Å². The number of nitrogens with zero attached hydrogens (tertiary/aromatic N) is 3. The van der Waals surface area contributed by atoms with Gasteiger partial charge in [0.25, 0.3) is 0 Å². The number of carbonyl (C=O) groups excluding carboxylic acids is 1. The van der Waals surface area contributed by atoms with Crippen molar-refractivity contribution in [3.8, 4) is 5.75 Å². The molecule has 0 saturated carbocycles. The molecule has 0 spiro atoms. The van der Waals surface area contributed by atoms with Gasteiger partial charge in [-0.3, -0.25) is 9.78 Å². The summed E-state index contributed by atoms with van der Waals surface area (Å²) in [5.41, 5.74) is 7.07. The third-order valence-corrected chi connectivity index (χ3v) is 4.24. The Balaban J connectivity index is 0.00000169. The van der Waals surface area contributed by atoms with E-state index in [9.17, 15) is 4.79 Å². The van der Waals surface area contributed by atoms with Crippen molar-refractivity contribution in [2.75, 3.05) is 36.1 Å². The summed E-state index contributed by atoms with van der Waals surface area (Å²) in [6.45, 7) is 1.59. The molecule has 1 aliphatic rings. The summed E-state index contributed by atoms with van der Waals surface area (Å²) in [6, 6.07) is 5.26. The summed E-state index contributed by atoms with van der Waals surface area (Å²) < 4.78 is 5.12. The first-order chi connectivity index (χ1) is 11.7. The highest BCUT2D eigenvalue weighted by Gasteiger charge is 2.25. The normalized spacial score (nSPS) is 14.0. The van der Waals surface area contributed by atoms with Crippen LogP contribution in [0.2, 0.25) is 0 Å². The van der Waals surface area contributed by atoms with Crippen LogP contribution in [0, 0.1) is 5.92 Å². The van der Waals surface area contributed by atoms with E-state index in [0.717, 1.165) is 31.7 Å². The van der Waals surface area contributed by atoms with Crippen LogP contribution in [0.25, 0.3) is 0 Å². The topological polar surface area (TPSA) is 93.4 Å². The number of nitrogens with two attached hydrogens (primary N) is 1. The predicted molar refractivity (Wildman–Crippen MR) is 108 cm³/mol. The van der Waals surface area contributed by atoms with Crippen LogP contribution in [0.15, 0.2) is 36.8 Å². The van der Waals surface area contributed by atoms with E-state index in [2.05, 4.69) is 20.2 Å². The second-order valence-electron chi connectivity index (χ2n) is 5.77. The molecule has 0 unspecified atom stereocenters. The van der Waals surface area contributed by atoms with Gasteiger partial charge in [0, 0.05) is 37.1 Å². The zero-order chi connectivity index (χ0) is 16.9. The van der Waals surface area contributed by atoms with Gasteiger partial charge in [0.1, 0.15) is 11.6 Å². The Labute approximate surface area is 165 Å². The highest BCUT2D eigenvalue weighted by atomic mass is 35.5. The summed E-state index contributed by atoms with van der Waals surface area (Å²) in [4.78, 5) is 23.0. The van der Waals surface area contributed by atoms with Crippen molar-refractivity contribution in [2.45, 2.75) is 12.8 Å². The Hall–Kier alpha value is -2.25. The fourth-order valence-electron chi connectivity index (χ4n) is 2.88. The Morgan fingerprint density at radius 3 is 2.58 bits per heavy atom. The molecule has 1 aliphatic heterocycles. The Kier molecular flexibility index (Phi) is 8.41. The lowest BCUT2D eigenvalue weighted by molar-refractivity contribution is -0.120. The molecule has 0 bridgehead atoms. The van der Waals surface area contributed by atoms with Gasteiger partial charge in [0.15, 0.2) is 0 Å². The molecule has 1 aromatic carbocycles. The number of benzene rings is 1. The standard InChI is InChI=1S/C17H21N5O2.2ClH/c1-24-15-3-2-13(10-14(15)18)21-17(23)12-4-8-22(9-5-12)16-11-19-6-7-20-16;;/h2-3,6-7,10-12H,4-5,8-9,18H2,1H3,(H,21,23);2*1H. The van der Waals surface area contributed by atoms with Gasteiger partial charge in [-0.2, -0.15) is 0 Å². The summed E-state index contributed by atoms with van der Waals surface area (Å²) in [5.74, 6) is 1.48. The maximum atomic E-state index is 12.4. The van der Waals surface area contributed by atoms with Crippen LogP contribution in [-0.2, 0) is 4.79 Å². The average molecular weight is 400 g/mol. The molecule has 1 saturated heterocycles. The Bertz CT molecular complexity index is 710. The number of amides is 1. The van der Waals surface area contributed by atoms with E-state index in [1.807, 2.05) is 0 Å². The second-order valence-corrected chi connectivity index (χ2v) is 5.77. The number of hydrogen-bond acceptors (Lipinski definition) is 6. The van der Waals surface area contributed by atoms with Crippen molar-refractivity contribution in [3.63, 3.8) is 0 Å². The number of anilines is 3. The lowest BCUT2D eigenvalue weighted by Crippen LogP contribution is -2.38. The van der Waals surface area contributed by atoms with Crippen LogP contribution in [0.5, 0.6) is 5.75 Å². The summed E-state index contributed by atoms with van der Waals surface area (Å²) in [7, 11) is 1.56. The van der Waals surface area contributed by atoms with Gasteiger partial charge in [0.2, 0.25) is 5.91 Å². The Morgan fingerprint density at radius 2 is 2.00 bits per heavy atom. The molecule has 0 aliphatic carbocycles. The summed E-state index contributed by atoms with van der Waals surface area (Å²) >= 11 is 0. The van der Waals surface area contributed by atoms with E-state index < -0.39 is 0 Å². The van der Waals surface area contributed by atoms with Crippen molar-refractivity contribution >= 4 is 47.9 Å². The van der Waals surface area contributed by atoms with Gasteiger partial charge in [-0.05, 0) is 31.0 Å². The fraction of sp³-hybridized carbons (Fsp3) is 0.353. The fourth-order valence-corrected chi connectivity index (χ4v) is 2.88. The van der Waals surface area contributed by atoms with Gasteiger partial charge in [-0.25, -0.2) is 4.98 Å². The van der Waals surface area contributed by atoms with E-state index in [0.29, 0.717) is 17.1 Å². The van der Waals surface area contributed by atoms with Gasteiger partial charge in [-0.15, -0.1) is 24.8 Å². The maximum Gasteiger partial charge on any atom is 0.227 e. The monoisotopic (exact) mass is 399 g/mol. The molecule has 2 heterocycles. The van der Waals surface area contributed by atoms with Crippen molar-refractivity contribution < 1.29 is 9.53 Å². The first-order valence-electron chi connectivity index (χ1n) is 7.92. The number of aromatic nitrogens is 2.